The molecule has 1 unspecified atom stereocenters. The molecule has 1 aliphatic rings. The molecule has 14 heavy (non-hydrogen) atoms. The van der Waals surface area contributed by atoms with Gasteiger partial charge in [0.2, 0.25) is 0 Å². The van der Waals surface area contributed by atoms with Gasteiger partial charge in [-0.05, 0) is 45.2 Å². The molecule has 2 rings (SSSR count). The second-order valence-corrected chi connectivity index (χ2v) is 3.98. The molecule has 0 aromatic carbocycles. The Hall–Kier alpha value is -0.960. The molecule has 0 saturated carbocycles. The second kappa shape index (κ2) is 4.51. The molecule has 2 heterocycles. The van der Waals surface area contributed by atoms with Crippen molar-refractivity contribution in [3.05, 3.63) is 23.8 Å². The summed E-state index contributed by atoms with van der Waals surface area (Å²) in [5, 5.41) is 3.50. The maximum Gasteiger partial charge on any atom is 0.115 e. The Balaban J connectivity index is 1.85. The summed E-state index contributed by atoms with van der Waals surface area (Å²) in [6.07, 6.45) is 6.59. The van der Waals surface area contributed by atoms with Gasteiger partial charge in [-0.2, -0.15) is 0 Å². The highest BCUT2D eigenvalue weighted by atomic mass is 14.9. The van der Waals surface area contributed by atoms with Gasteiger partial charge in [-0.15, -0.1) is 0 Å². The number of aromatic nitrogens is 2. The Morgan fingerprint density at radius 2 is 2.43 bits per heavy atom. The molecule has 0 bridgehead atoms. The molecule has 1 saturated heterocycles. The maximum atomic E-state index is 4.26. The summed E-state index contributed by atoms with van der Waals surface area (Å²) in [7, 11) is 0. The average Bonchev–Trinajstić information content (AvgIpc) is 2.67. The zero-order valence-corrected chi connectivity index (χ0v) is 8.66. The predicted molar refractivity (Wildman–Crippen MR) is 56.1 cm³/mol. The zero-order valence-electron chi connectivity index (χ0n) is 8.66. The van der Waals surface area contributed by atoms with Crippen molar-refractivity contribution in [1.29, 1.82) is 0 Å². The molecule has 0 amide bonds. The van der Waals surface area contributed by atoms with Gasteiger partial charge in [0.25, 0.3) is 0 Å². The second-order valence-electron chi connectivity index (χ2n) is 3.98. The number of aryl methyl sites for hydroxylation is 2. The molecule has 1 atom stereocenters. The highest BCUT2D eigenvalue weighted by Crippen LogP contribution is 2.11. The Morgan fingerprint density at radius 3 is 3.14 bits per heavy atom. The minimum absolute atomic E-state index is 0.713. The van der Waals surface area contributed by atoms with Crippen LogP contribution in [-0.4, -0.2) is 22.6 Å². The molecular formula is C11H17N3. The molecule has 1 aromatic heterocycles. The maximum absolute atomic E-state index is 4.26. The highest BCUT2D eigenvalue weighted by molar-refractivity contribution is 5.06. The summed E-state index contributed by atoms with van der Waals surface area (Å²) in [6.45, 7) is 3.20. The van der Waals surface area contributed by atoms with Crippen molar-refractivity contribution in [3.8, 4) is 0 Å². The Kier molecular flexibility index (Phi) is 3.09. The van der Waals surface area contributed by atoms with Crippen molar-refractivity contribution < 1.29 is 0 Å². The molecule has 1 aliphatic heterocycles. The Labute approximate surface area is 85.0 Å². The molecular weight excluding hydrogens is 174 g/mol. The van der Waals surface area contributed by atoms with Gasteiger partial charge in [0.05, 0.1) is 0 Å². The lowest BCUT2D eigenvalue weighted by Crippen LogP contribution is -2.21. The molecule has 0 spiro atoms. The summed E-state index contributed by atoms with van der Waals surface area (Å²) >= 11 is 0. The van der Waals surface area contributed by atoms with Crippen LogP contribution in [0.5, 0.6) is 0 Å². The van der Waals surface area contributed by atoms with Crippen LogP contribution in [0.3, 0.4) is 0 Å². The van der Waals surface area contributed by atoms with E-state index >= 15 is 0 Å². The van der Waals surface area contributed by atoms with Crippen LogP contribution in [0.1, 0.15) is 30.7 Å². The van der Waals surface area contributed by atoms with Gasteiger partial charge >= 0.3 is 0 Å². The van der Waals surface area contributed by atoms with Gasteiger partial charge in [0, 0.05) is 17.4 Å². The van der Waals surface area contributed by atoms with Gasteiger partial charge < -0.3 is 5.32 Å². The number of nitrogens with one attached hydrogen (secondary N) is 1. The quantitative estimate of drug-likeness (QED) is 0.786. The lowest BCUT2D eigenvalue weighted by molar-refractivity contribution is 0.555. The molecule has 1 aromatic rings. The van der Waals surface area contributed by atoms with Gasteiger partial charge in [-0.3, -0.25) is 0 Å². The van der Waals surface area contributed by atoms with Crippen molar-refractivity contribution in [2.75, 3.05) is 6.54 Å². The summed E-state index contributed by atoms with van der Waals surface area (Å²) in [5.74, 6) is 0. The minimum Gasteiger partial charge on any atom is -0.314 e. The topological polar surface area (TPSA) is 37.8 Å². The standard InChI is InChI=1S/C11H17N3/c1-9-7-11(14-8-13-9)5-4-10-3-2-6-12-10/h7-8,10,12H,2-6H2,1H3. The molecule has 3 heteroatoms. The molecule has 0 radical (unpaired) electrons. The van der Waals surface area contributed by atoms with Crippen LogP contribution < -0.4 is 5.32 Å². The van der Waals surface area contributed by atoms with E-state index in [0.717, 1.165) is 12.1 Å². The monoisotopic (exact) mass is 191 g/mol. The van der Waals surface area contributed by atoms with Crippen molar-refractivity contribution in [2.45, 2.75) is 38.6 Å². The van der Waals surface area contributed by atoms with E-state index in [-0.39, 0.29) is 0 Å². The first-order valence-corrected chi connectivity index (χ1v) is 5.35. The third-order valence-electron chi connectivity index (χ3n) is 2.77. The fourth-order valence-electron chi connectivity index (χ4n) is 1.97. The van der Waals surface area contributed by atoms with E-state index in [4.69, 9.17) is 0 Å². The molecule has 1 fully saturated rings. The smallest absolute Gasteiger partial charge is 0.115 e. The largest absolute Gasteiger partial charge is 0.314 e. The lowest BCUT2D eigenvalue weighted by atomic mass is 10.1. The number of hydrogen-bond donors (Lipinski definition) is 1. The van der Waals surface area contributed by atoms with E-state index in [1.165, 1.54) is 31.5 Å². The minimum atomic E-state index is 0.713. The van der Waals surface area contributed by atoms with Crippen molar-refractivity contribution in [1.82, 2.24) is 15.3 Å². The third kappa shape index (κ3) is 2.51. The van der Waals surface area contributed by atoms with Crippen molar-refractivity contribution in [3.63, 3.8) is 0 Å². The third-order valence-corrected chi connectivity index (χ3v) is 2.77. The van der Waals surface area contributed by atoms with Gasteiger partial charge in [0.1, 0.15) is 6.33 Å². The predicted octanol–water partition coefficient (Wildman–Crippen LogP) is 1.47. The van der Waals surface area contributed by atoms with Crippen molar-refractivity contribution >= 4 is 0 Å². The molecule has 76 valence electrons. The first-order chi connectivity index (χ1) is 6.84. The van der Waals surface area contributed by atoms with Crippen LogP contribution in [0.15, 0.2) is 12.4 Å². The lowest BCUT2D eigenvalue weighted by Gasteiger charge is -2.08. The highest BCUT2D eigenvalue weighted by Gasteiger charge is 2.13. The SMILES string of the molecule is Cc1cc(CCC2CCCN2)ncn1. The summed E-state index contributed by atoms with van der Waals surface area (Å²) in [4.78, 5) is 8.35. The molecule has 3 nitrogen and oxygen atoms in total. The normalized spacial score (nSPS) is 21.4. The van der Waals surface area contributed by atoms with E-state index in [1.807, 2.05) is 6.92 Å². The summed E-state index contributed by atoms with van der Waals surface area (Å²) < 4.78 is 0. The molecule has 0 aliphatic carbocycles. The van der Waals surface area contributed by atoms with Crippen molar-refractivity contribution in [2.24, 2.45) is 0 Å². The van der Waals surface area contributed by atoms with Gasteiger partial charge in [-0.1, -0.05) is 0 Å². The van der Waals surface area contributed by atoms with Crippen LogP contribution in [0.25, 0.3) is 0 Å². The Morgan fingerprint density at radius 1 is 1.50 bits per heavy atom. The van der Waals surface area contributed by atoms with E-state index < -0.39 is 0 Å². The number of rotatable bonds is 3. The fourth-order valence-corrected chi connectivity index (χ4v) is 1.97. The van der Waals surface area contributed by atoms with E-state index in [2.05, 4.69) is 21.4 Å². The first kappa shape index (κ1) is 9.59. The van der Waals surface area contributed by atoms with Crippen LogP contribution in [0.2, 0.25) is 0 Å². The van der Waals surface area contributed by atoms with Gasteiger partial charge in [0.15, 0.2) is 0 Å². The van der Waals surface area contributed by atoms with E-state index in [1.54, 1.807) is 6.33 Å². The Bertz CT molecular complexity index is 292. The van der Waals surface area contributed by atoms with E-state index in [9.17, 15) is 0 Å². The average molecular weight is 191 g/mol. The first-order valence-electron chi connectivity index (χ1n) is 5.35. The summed E-state index contributed by atoms with van der Waals surface area (Å²) in [5.41, 5.74) is 2.24. The van der Waals surface area contributed by atoms with Crippen LogP contribution >= 0.6 is 0 Å². The number of nitrogens with zero attached hydrogens (tertiary/aromatic N) is 2. The van der Waals surface area contributed by atoms with Crippen LogP contribution in [0.4, 0.5) is 0 Å². The van der Waals surface area contributed by atoms with Crippen LogP contribution in [-0.2, 0) is 6.42 Å². The number of hydrogen-bond acceptors (Lipinski definition) is 3. The fraction of sp³-hybridized carbons (Fsp3) is 0.636. The van der Waals surface area contributed by atoms with Crippen LogP contribution in [0, 0.1) is 6.92 Å². The van der Waals surface area contributed by atoms with Gasteiger partial charge in [-0.25, -0.2) is 9.97 Å². The van der Waals surface area contributed by atoms with E-state index in [0.29, 0.717) is 6.04 Å². The summed E-state index contributed by atoms with van der Waals surface area (Å²) in [6, 6.07) is 2.79. The molecule has 1 N–H and O–H groups in total. The zero-order chi connectivity index (χ0) is 9.80.